The Morgan fingerprint density at radius 3 is 2.37 bits per heavy atom. The van der Waals surface area contributed by atoms with Crippen LogP contribution >= 0.6 is 0 Å². The fraction of sp³-hybridized carbons (Fsp3) is 0.583. The zero-order valence-electron chi connectivity index (χ0n) is 21.0. The zero-order chi connectivity index (χ0) is 26.1. The molecule has 0 radical (unpaired) electrons. The largest absolute Gasteiger partial charge is 0.363 e. The van der Waals surface area contributed by atoms with Gasteiger partial charge >= 0.3 is 0 Å². The number of carbonyl (C=O) groups is 5. The number of anilines is 1. The topological polar surface area (TPSA) is 146 Å². The van der Waals surface area contributed by atoms with Crippen LogP contribution < -0.4 is 16.0 Å². The first kappa shape index (κ1) is 27.7. The first-order chi connectivity index (χ1) is 16.6. The van der Waals surface area contributed by atoms with Gasteiger partial charge in [-0.3, -0.25) is 24.0 Å². The van der Waals surface area contributed by atoms with Gasteiger partial charge in [-0.1, -0.05) is 13.0 Å². The predicted octanol–water partition coefficient (Wildman–Crippen LogP) is 0.00502. The van der Waals surface area contributed by atoms with Gasteiger partial charge in [0.1, 0.15) is 17.9 Å². The van der Waals surface area contributed by atoms with E-state index in [0.29, 0.717) is 39.1 Å². The second-order valence-corrected chi connectivity index (χ2v) is 8.73. The van der Waals surface area contributed by atoms with Crippen molar-refractivity contribution in [3.63, 3.8) is 0 Å². The lowest BCUT2D eigenvalue weighted by atomic mass is 10.1. The molecule has 1 aromatic rings. The Labute approximate surface area is 206 Å². The van der Waals surface area contributed by atoms with Crippen LogP contribution in [0.2, 0.25) is 0 Å². The summed E-state index contributed by atoms with van der Waals surface area (Å²) >= 11 is 0. The number of ketones is 1. The molecule has 1 aromatic heterocycles. The lowest BCUT2D eigenvalue weighted by molar-refractivity contribution is -0.141. The Balaban J connectivity index is 2.11. The molecule has 1 aliphatic heterocycles. The molecule has 35 heavy (non-hydrogen) atoms. The van der Waals surface area contributed by atoms with Crippen molar-refractivity contribution in [3.05, 3.63) is 23.9 Å². The van der Waals surface area contributed by atoms with Crippen LogP contribution in [-0.4, -0.2) is 89.0 Å². The summed E-state index contributed by atoms with van der Waals surface area (Å²) in [7, 11) is 0. The van der Waals surface area contributed by atoms with Gasteiger partial charge in [0.15, 0.2) is 0 Å². The number of hydrogen-bond acceptors (Lipinski definition) is 7. The third-order valence-electron chi connectivity index (χ3n) is 6.14. The van der Waals surface area contributed by atoms with Crippen LogP contribution in [-0.2, 0) is 24.0 Å². The van der Waals surface area contributed by atoms with E-state index in [9.17, 15) is 24.0 Å². The van der Waals surface area contributed by atoms with E-state index < -0.39 is 29.7 Å². The zero-order valence-corrected chi connectivity index (χ0v) is 21.0. The number of piperazine rings is 1. The van der Waals surface area contributed by atoms with Crippen molar-refractivity contribution in [2.24, 2.45) is 5.73 Å². The number of nitrogens with zero attached hydrogens (tertiary/aromatic N) is 4. The Morgan fingerprint density at radius 1 is 1.17 bits per heavy atom. The van der Waals surface area contributed by atoms with Gasteiger partial charge in [-0.05, 0) is 38.3 Å². The van der Waals surface area contributed by atoms with Crippen LogP contribution in [0.4, 0.5) is 5.82 Å². The van der Waals surface area contributed by atoms with Gasteiger partial charge in [0.2, 0.25) is 23.5 Å². The lowest BCUT2D eigenvalue weighted by Crippen LogP contribution is -2.57. The summed E-state index contributed by atoms with van der Waals surface area (Å²) in [5, 5.41) is 2.70. The van der Waals surface area contributed by atoms with Gasteiger partial charge in [0, 0.05) is 52.3 Å². The van der Waals surface area contributed by atoms with Crippen molar-refractivity contribution >= 4 is 35.2 Å². The molecule has 2 rings (SSSR count). The normalized spacial score (nSPS) is 15.2. The van der Waals surface area contributed by atoms with Crippen LogP contribution in [0.1, 0.15) is 45.6 Å². The second kappa shape index (κ2) is 12.8. The molecule has 4 amide bonds. The maximum absolute atomic E-state index is 13.3. The van der Waals surface area contributed by atoms with Crippen LogP contribution in [0, 0.1) is 6.92 Å². The molecule has 11 nitrogen and oxygen atoms in total. The van der Waals surface area contributed by atoms with Crippen molar-refractivity contribution in [3.8, 4) is 0 Å². The molecule has 2 atom stereocenters. The Morgan fingerprint density at radius 2 is 1.83 bits per heavy atom. The Hall–Kier alpha value is -3.50. The maximum atomic E-state index is 13.3. The summed E-state index contributed by atoms with van der Waals surface area (Å²) in [6, 6.07) is 2.03. The summed E-state index contributed by atoms with van der Waals surface area (Å²) in [6.07, 6.45) is 2.07. The number of hydrogen-bond donors (Lipinski definition) is 2. The molecule has 0 aliphatic carbocycles. The average Bonchev–Trinajstić information content (AvgIpc) is 2.84. The van der Waals surface area contributed by atoms with E-state index in [1.807, 2.05) is 26.0 Å². The number of rotatable bonds is 11. The molecule has 0 spiro atoms. The van der Waals surface area contributed by atoms with Crippen LogP contribution in [0.3, 0.4) is 0 Å². The van der Waals surface area contributed by atoms with Crippen LogP contribution in [0.25, 0.3) is 0 Å². The van der Waals surface area contributed by atoms with Gasteiger partial charge in [-0.25, -0.2) is 4.98 Å². The van der Waals surface area contributed by atoms with E-state index in [0.717, 1.165) is 11.4 Å². The van der Waals surface area contributed by atoms with Gasteiger partial charge < -0.3 is 25.8 Å². The molecular formula is C24H36N6O5. The summed E-state index contributed by atoms with van der Waals surface area (Å²) in [5.41, 5.74) is 6.09. The minimum absolute atomic E-state index is 0.0630. The SMILES string of the molecule is CCCN(C(C)=O)[C@@H](C)C(=O)N[C@@H](CCC(=O)C(N)=O)C(=O)N1CCN(c2ncccc2C)CC1. The standard InChI is InChI=1S/C24H36N6O5/c1-5-11-30(18(4)31)17(3)23(34)27-19(8-9-20(32)21(25)33)24(35)29-14-12-28(13-15-29)22-16(2)7-6-10-26-22/h6-7,10,17,19H,5,8-9,11-15H2,1-4H3,(H2,25,33)(H,27,34)/t17-,19-/m0/s1. The number of aryl methyl sites for hydroxylation is 1. The third kappa shape index (κ3) is 7.49. The predicted molar refractivity (Wildman–Crippen MR) is 130 cm³/mol. The smallest absolute Gasteiger partial charge is 0.284 e. The number of Topliss-reactive ketones (excluding diaryl/α,β-unsaturated/α-hetero) is 1. The monoisotopic (exact) mass is 488 g/mol. The molecule has 11 heteroatoms. The molecule has 1 aliphatic rings. The van der Waals surface area contributed by atoms with Crippen molar-refractivity contribution in [2.45, 2.75) is 59.0 Å². The molecule has 2 heterocycles. The summed E-state index contributed by atoms with van der Waals surface area (Å²) in [5.74, 6) is -2.11. The lowest BCUT2D eigenvalue weighted by Gasteiger charge is -2.38. The van der Waals surface area contributed by atoms with Crippen LogP contribution in [0.5, 0.6) is 0 Å². The fourth-order valence-electron chi connectivity index (χ4n) is 4.12. The molecule has 1 saturated heterocycles. The summed E-state index contributed by atoms with van der Waals surface area (Å²) in [6.45, 7) is 9.21. The maximum Gasteiger partial charge on any atom is 0.284 e. The number of amides is 4. The quantitative estimate of drug-likeness (QED) is 0.417. The highest BCUT2D eigenvalue weighted by Gasteiger charge is 2.32. The molecule has 0 bridgehead atoms. The number of carbonyl (C=O) groups excluding carboxylic acids is 5. The Kier molecular flexibility index (Phi) is 10.2. The molecule has 0 aromatic carbocycles. The first-order valence-corrected chi connectivity index (χ1v) is 11.9. The second-order valence-electron chi connectivity index (χ2n) is 8.73. The molecule has 1 fully saturated rings. The van der Waals surface area contributed by atoms with E-state index in [-0.39, 0.29) is 24.7 Å². The van der Waals surface area contributed by atoms with Crippen molar-refractivity contribution in [1.29, 1.82) is 0 Å². The van der Waals surface area contributed by atoms with E-state index >= 15 is 0 Å². The van der Waals surface area contributed by atoms with Gasteiger partial charge in [-0.2, -0.15) is 0 Å². The number of primary amides is 1. The summed E-state index contributed by atoms with van der Waals surface area (Å²) in [4.78, 5) is 70.8. The van der Waals surface area contributed by atoms with E-state index in [1.54, 1.807) is 18.0 Å². The van der Waals surface area contributed by atoms with Gasteiger partial charge in [0.25, 0.3) is 5.91 Å². The van der Waals surface area contributed by atoms with Crippen molar-refractivity contribution in [2.75, 3.05) is 37.6 Å². The number of nitrogens with one attached hydrogen (secondary N) is 1. The van der Waals surface area contributed by atoms with Crippen LogP contribution in [0.15, 0.2) is 18.3 Å². The molecule has 192 valence electrons. The third-order valence-corrected chi connectivity index (χ3v) is 6.14. The van der Waals surface area contributed by atoms with Gasteiger partial charge in [-0.15, -0.1) is 0 Å². The van der Waals surface area contributed by atoms with E-state index in [2.05, 4.69) is 15.2 Å². The number of nitrogens with two attached hydrogens (primary N) is 1. The Bertz CT molecular complexity index is 944. The minimum Gasteiger partial charge on any atom is -0.363 e. The highest BCUT2D eigenvalue weighted by atomic mass is 16.2. The number of aromatic nitrogens is 1. The van der Waals surface area contributed by atoms with E-state index in [1.165, 1.54) is 11.8 Å². The van der Waals surface area contributed by atoms with Crippen molar-refractivity contribution < 1.29 is 24.0 Å². The summed E-state index contributed by atoms with van der Waals surface area (Å²) < 4.78 is 0. The van der Waals surface area contributed by atoms with Gasteiger partial charge in [0.05, 0.1) is 0 Å². The fourth-order valence-corrected chi connectivity index (χ4v) is 4.12. The average molecular weight is 489 g/mol. The molecular weight excluding hydrogens is 452 g/mol. The highest BCUT2D eigenvalue weighted by molar-refractivity contribution is 6.35. The molecule has 3 N–H and O–H groups in total. The number of pyridine rings is 1. The van der Waals surface area contributed by atoms with Crippen molar-refractivity contribution in [1.82, 2.24) is 20.1 Å². The first-order valence-electron chi connectivity index (χ1n) is 11.9. The minimum atomic E-state index is -1.08. The molecule has 0 unspecified atom stereocenters. The highest BCUT2D eigenvalue weighted by Crippen LogP contribution is 2.18. The molecule has 0 saturated carbocycles. The van der Waals surface area contributed by atoms with E-state index in [4.69, 9.17) is 5.73 Å².